The van der Waals surface area contributed by atoms with Crippen LogP contribution < -0.4 is 10.1 Å². The number of rotatable bonds is 8. The molecule has 0 bridgehead atoms. The van der Waals surface area contributed by atoms with E-state index in [1.54, 1.807) is 13.4 Å². The largest absolute Gasteiger partial charge is 0.496 e. The molecule has 1 aliphatic rings. The maximum Gasteiger partial charge on any atom is 0.266 e. The van der Waals surface area contributed by atoms with Gasteiger partial charge in [-0.2, -0.15) is 0 Å². The molecule has 210 valence electrons. The van der Waals surface area contributed by atoms with Crippen LogP contribution >= 0.6 is 22.9 Å². The fourth-order valence-electron chi connectivity index (χ4n) is 5.53. The lowest BCUT2D eigenvalue weighted by Crippen LogP contribution is -2.44. The van der Waals surface area contributed by atoms with Gasteiger partial charge in [0, 0.05) is 45.4 Å². The van der Waals surface area contributed by atoms with Gasteiger partial charge in [0.15, 0.2) is 0 Å². The summed E-state index contributed by atoms with van der Waals surface area (Å²) in [6.07, 6.45) is 5.52. The first-order chi connectivity index (χ1) is 19.2. The Balaban J connectivity index is 1.52. The molecule has 4 aromatic rings. The van der Waals surface area contributed by atoms with Gasteiger partial charge in [-0.1, -0.05) is 48.0 Å². The average Bonchev–Trinajstić information content (AvgIpc) is 3.31. The van der Waals surface area contributed by atoms with Crippen LogP contribution in [0.4, 0.5) is 0 Å². The normalized spacial score (nSPS) is 18.8. The summed E-state index contributed by atoms with van der Waals surface area (Å²) in [7, 11) is 1.38. The van der Waals surface area contributed by atoms with Crippen LogP contribution in [0.25, 0.3) is 21.2 Å². The minimum absolute atomic E-state index is 0.0379. The Labute approximate surface area is 246 Å². The zero-order valence-corrected chi connectivity index (χ0v) is 25.5. The van der Waals surface area contributed by atoms with E-state index in [2.05, 4.69) is 17.3 Å². The Morgan fingerprint density at radius 3 is 2.38 bits per heavy atom. The molecule has 0 spiro atoms. The molecule has 1 aromatic heterocycles. The number of fused-ring (bicyclic) bond motifs is 1. The number of amides is 1. The Bertz CT molecular complexity index is 1620. The summed E-state index contributed by atoms with van der Waals surface area (Å²) < 4.78 is 19.1. The van der Waals surface area contributed by atoms with Crippen LogP contribution in [0.1, 0.15) is 40.9 Å². The molecule has 1 fully saturated rings. The Morgan fingerprint density at radius 1 is 1.07 bits per heavy atom. The third-order valence-corrected chi connectivity index (χ3v) is 10.8. The van der Waals surface area contributed by atoms with Crippen LogP contribution in [0, 0.1) is 0 Å². The van der Waals surface area contributed by atoms with Crippen LogP contribution in [-0.2, 0) is 16.1 Å². The van der Waals surface area contributed by atoms with Gasteiger partial charge in [-0.3, -0.25) is 9.00 Å². The van der Waals surface area contributed by atoms with E-state index in [0.29, 0.717) is 22.5 Å². The third kappa shape index (κ3) is 5.93. The van der Waals surface area contributed by atoms with Crippen molar-refractivity contribution >= 4 is 54.3 Å². The van der Waals surface area contributed by atoms with Crippen molar-refractivity contribution in [3.63, 3.8) is 0 Å². The lowest BCUT2D eigenvalue weighted by Gasteiger charge is -2.37. The summed E-state index contributed by atoms with van der Waals surface area (Å²) in [4.78, 5) is 17.5. The number of hydrogen-bond donors (Lipinski definition) is 1. The molecule has 5 nitrogen and oxygen atoms in total. The molecule has 1 aliphatic carbocycles. The second-order valence-electron chi connectivity index (χ2n) is 10.5. The van der Waals surface area contributed by atoms with Crippen molar-refractivity contribution in [2.24, 2.45) is 0 Å². The van der Waals surface area contributed by atoms with Gasteiger partial charge >= 0.3 is 0 Å². The Hall–Kier alpha value is -2.84. The summed E-state index contributed by atoms with van der Waals surface area (Å²) in [6.45, 7) is 0.412. The molecule has 8 heteroatoms. The molecule has 1 atom stereocenters. The summed E-state index contributed by atoms with van der Waals surface area (Å²) >= 11 is 8.25. The first-order valence-electron chi connectivity index (χ1n) is 13.4. The predicted octanol–water partition coefficient (Wildman–Crippen LogP) is 7.11. The number of methoxy groups -OCH3 is 1. The molecular formula is C32H35ClN2O3S2. The quantitative estimate of drug-likeness (QED) is 0.221. The van der Waals surface area contributed by atoms with Crippen molar-refractivity contribution < 1.29 is 13.7 Å². The highest BCUT2D eigenvalue weighted by Gasteiger charge is 2.32. The SMILES string of the molecule is C=S(C)(=O)c1ccc(-c2ccc(OC)c(CN(C(=O)c3sc4ccccc4c3Cl)[C@H]3CC[C@H](NC)CC3)c2)cc1. The molecule has 40 heavy (non-hydrogen) atoms. The summed E-state index contributed by atoms with van der Waals surface area (Å²) in [5, 5.41) is 4.83. The highest BCUT2D eigenvalue weighted by atomic mass is 35.5. The second kappa shape index (κ2) is 12.0. The van der Waals surface area contributed by atoms with Crippen LogP contribution in [0.15, 0.2) is 71.6 Å². The molecule has 1 unspecified atom stereocenters. The van der Waals surface area contributed by atoms with E-state index in [0.717, 1.165) is 63.1 Å². The van der Waals surface area contributed by atoms with Gasteiger partial charge in [-0.15, -0.1) is 11.3 Å². The number of thiophene rings is 1. The topological polar surface area (TPSA) is 58.6 Å². The zero-order chi connectivity index (χ0) is 28.4. The van der Waals surface area contributed by atoms with Gasteiger partial charge in [0.2, 0.25) is 0 Å². The molecule has 0 radical (unpaired) electrons. The number of nitrogens with zero attached hydrogens (tertiary/aromatic N) is 1. The van der Waals surface area contributed by atoms with Crippen molar-refractivity contribution in [3.05, 3.63) is 82.2 Å². The van der Waals surface area contributed by atoms with Crippen LogP contribution in [0.3, 0.4) is 0 Å². The summed E-state index contributed by atoms with van der Waals surface area (Å²) in [5.74, 6) is 4.49. The lowest BCUT2D eigenvalue weighted by atomic mass is 9.89. The number of nitrogens with one attached hydrogen (secondary N) is 1. The van der Waals surface area contributed by atoms with E-state index in [-0.39, 0.29) is 11.9 Å². The molecule has 1 saturated carbocycles. The van der Waals surface area contributed by atoms with E-state index in [1.165, 1.54) is 11.3 Å². The molecule has 1 N–H and O–H groups in total. The van der Waals surface area contributed by atoms with E-state index >= 15 is 0 Å². The Kier molecular flexibility index (Phi) is 8.57. The molecule has 1 amide bonds. The second-order valence-corrected chi connectivity index (χ2v) is 14.4. The maximum absolute atomic E-state index is 14.2. The molecule has 5 rings (SSSR count). The number of carbonyl (C=O) groups excluding carboxylic acids is 1. The first kappa shape index (κ1) is 28.7. The zero-order valence-electron chi connectivity index (χ0n) is 23.1. The van der Waals surface area contributed by atoms with Gasteiger partial charge in [0.05, 0.1) is 12.1 Å². The van der Waals surface area contributed by atoms with Crippen molar-refractivity contribution in [2.75, 3.05) is 20.4 Å². The van der Waals surface area contributed by atoms with Crippen molar-refractivity contribution in [1.82, 2.24) is 10.2 Å². The third-order valence-electron chi connectivity index (χ3n) is 7.84. The van der Waals surface area contributed by atoms with Gasteiger partial charge in [0.25, 0.3) is 5.91 Å². The van der Waals surface area contributed by atoms with Gasteiger partial charge in [0.1, 0.15) is 10.6 Å². The Morgan fingerprint density at radius 2 is 1.75 bits per heavy atom. The monoisotopic (exact) mass is 594 g/mol. The molecule has 3 aromatic carbocycles. The van der Waals surface area contributed by atoms with E-state index in [4.69, 9.17) is 16.3 Å². The maximum atomic E-state index is 14.2. The highest BCUT2D eigenvalue weighted by molar-refractivity contribution is 7.99. The van der Waals surface area contributed by atoms with E-state index in [1.807, 2.05) is 72.6 Å². The molecule has 1 heterocycles. The molecule has 0 saturated heterocycles. The number of carbonyl (C=O) groups is 1. The summed E-state index contributed by atoms with van der Waals surface area (Å²) in [5.41, 5.74) is 2.93. The minimum atomic E-state index is -2.28. The van der Waals surface area contributed by atoms with Crippen molar-refractivity contribution in [3.8, 4) is 16.9 Å². The van der Waals surface area contributed by atoms with Crippen molar-refractivity contribution in [2.45, 2.75) is 49.2 Å². The number of ether oxygens (including phenoxy) is 1. The van der Waals surface area contributed by atoms with Crippen LogP contribution in [-0.4, -0.2) is 53.4 Å². The average molecular weight is 595 g/mol. The van der Waals surface area contributed by atoms with Crippen molar-refractivity contribution in [1.29, 1.82) is 0 Å². The molecular weight excluding hydrogens is 560 g/mol. The fourth-order valence-corrected chi connectivity index (χ4v) is 7.71. The number of halogens is 1. The van der Waals surface area contributed by atoms with E-state index < -0.39 is 9.52 Å². The van der Waals surface area contributed by atoms with Gasteiger partial charge in [-0.25, -0.2) is 0 Å². The fraction of sp³-hybridized carbons (Fsp3) is 0.312. The van der Waals surface area contributed by atoms with Gasteiger partial charge < -0.3 is 15.0 Å². The van der Waals surface area contributed by atoms with Crippen LogP contribution in [0.2, 0.25) is 5.02 Å². The van der Waals surface area contributed by atoms with E-state index in [9.17, 15) is 9.00 Å². The summed E-state index contributed by atoms with van der Waals surface area (Å²) in [6, 6.07) is 22.2. The first-order valence-corrected chi connectivity index (χ1v) is 16.8. The smallest absolute Gasteiger partial charge is 0.266 e. The lowest BCUT2D eigenvalue weighted by molar-refractivity contribution is 0.0604. The predicted molar refractivity (Wildman–Crippen MR) is 170 cm³/mol. The van der Waals surface area contributed by atoms with Gasteiger partial charge in [-0.05, 0) is 89.6 Å². The minimum Gasteiger partial charge on any atom is -0.496 e. The standard InChI is InChI=1S/C32H35ClN2O3S2/c1-34-24-12-14-25(15-13-24)35(32(36)31-30(33)27-7-5-6-8-29(27)39-31)20-23-19-22(11-18-28(23)38-2)21-9-16-26(17-10-21)40(3,4)37/h5-11,16-19,24-25,34H,3,12-15,20H2,1-2,4H3/t24-,25-,40?. The van der Waals surface area contributed by atoms with Crippen LogP contribution in [0.5, 0.6) is 5.75 Å². The highest BCUT2D eigenvalue weighted by Crippen LogP contribution is 2.38. The molecule has 0 aliphatic heterocycles. The number of hydrogen-bond acceptors (Lipinski definition) is 5. The number of benzene rings is 3.